The molecule has 3 nitrogen and oxygen atoms in total. The molecule has 3 heteroatoms. The number of benzene rings is 1. The molecule has 0 spiro atoms. The van der Waals surface area contributed by atoms with Crippen LogP contribution in [-0.4, -0.2) is 25.8 Å². The molecule has 0 saturated heterocycles. The molecule has 0 unspecified atom stereocenters. The largest absolute Gasteiger partial charge is 0.469 e. The molecular weight excluding hydrogens is 262 g/mol. The Hall–Kier alpha value is -1.90. The Bertz CT molecular complexity index is 556. The number of carbonyl (C=O) groups is 1. The van der Waals surface area contributed by atoms with Crippen molar-refractivity contribution >= 4 is 11.7 Å². The third-order valence-corrected chi connectivity index (χ3v) is 3.72. The Morgan fingerprint density at radius 2 is 1.95 bits per heavy atom. The normalized spacial score (nSPS) is 12.4. The summed E-state index contributed by atoms with van der Waals surface area (Å²) in [6.07, 6.45) is 4.13. The predicted molar refractivity (Wildman–Crippen MR) is 88.0 cm³/mol. The zero-order chi connectivity index (χ0) is 15.8. The molecule has 0 atom stereocenters. The summed E-state index contributed by atoms with van der Waals surface area (Å²) in [7, 11) is 3.22. The second-order valence-corrected chi connectivity index (χ2v) is 5.14. The van der Waals surface area contributed by atoms with Gasteiger partial charge in [0.1, 0.15) is 0 Å². The van der Waals surface area contributed by atoms with E-state index in [4.69, 9.17) is 4.74 Å². The summed E-state index contributed by atoms with van der Waals surface area (Å²) in [5.41, 5.74) is 5.82. The smallest absolute Gasteiger partial charge is 0.305 e. The fourth-order valence-corrected chi connectivity index (χ4v) is 2.09. The van der Waals surface area contributed by atoms with E-state index in [0.717, 1.165) is 17.7 Å². The molecular formula is C18H25NO2. The van der Waals surface area contributed by atoms with Crippen molar-refractivity contribution in [1.82, 2.24) is 0 Å². The van der Waals surface area contributed by atoms with E-state index in [9.17, 15) is 4.79 Å². The number of hydrogen-bond acceptors (Lipinski definition) is 3. The maximum Gasteiger partial charge on any atom is 0.305 e. The minimum atomic E-state index is -0.171. The highest BCUT2D eigenvalue weighted by Gasteiger charge is 2.06. The van der Waals surface area contributed by atoms with Gasteiger partial charge in [0.2, 0.25) is 0 Å². The minimum absolute atomic E-state index is 0.171. The Kier molecular flexibility index (Phi) is 6.86. The first kappa shape index (κ1) is 17.2. The number of hydrogen-bond donors (Lipinski definition) is 0. The summed E-state index contributed by atoms with van der Waals surface area (Å²) in [4.78, 5) is 15.6. The van der Waals surface area contributed by atoms with Gasteiger partial charge in [0, 0.05) is 13.5 Å². The first-order valence-electron chi connectivity index (χ1n) is 7.32. The number of nitrogens with zero attached hydrogens (tertiary/aromatic N) is 1. The second kappa shape index (κ2) is 8.40. The summed E-state index contributed by atoms with van der Waals surface area (Å²) in [5, 5.41) is 0. The summed E-state index contributed by atoms with van der Waals surface area (Å²) < 4.78 is 4.69. The van der Waals surface area contributed by atoms with Crippen molar-refractivity contribution in [2.24, 2.45) is 4.99 Å². The molecule has 0 amide bonds. The van der Waals surface area contributed by atoms with Gasteiger partial charge in [0.15, 0.2) is 0 Å². The van der Waals surface area contributed by atoms with Gasteiger partial charge in [-0.05, 0) is 55.5 Å². The van der Waals surface area contributed by atoms with E-state index in [-0.39, 0.29) is 5.97 Å². The van der Waals surface area contributed by atoms with Crippen LogP contribution in [0.5, 0.6) is 0 Å². The van der Waals surface area contributed by atoms with Crippen LogP contribution < -0.4 is 0 Å². The topological polar surface area (TPSA) is 38.7 Å². The average Bonchev–Trinajstić information content (AvgIpc) is 2.50. The lowest BCUT2D eigenvalue weighted by molar-refractivity contribution is -0.140. The highest BCUT2D eigenvalue weighted by Crippen LogP contribution is 2.15. The Morgan fingerprint density at radius 3 is 2.48 bits per heavy atom. The van der Waals surface area contributed by atoms with Gasteiger partial charge >= 0.3 is 5.97 Å². The SMILES string of the molecule is CC/C(=C/C(=NC)c1ccc(C)c(C)c1)CCC(=O)OC. The van der Waals surface area contributed by atoms with Crippen LogP contribution in [0.15, 0.2) is 34.8 Å². The van der Waals surface area contributed by atoms with E-state index in [1.165, 1.54) is 23.8 Å². The lowest BCUT2D eigenvalue weighted by atomic mass is 9.99. The van der Waals surface area contributed by atoms with Gasteiger partial charge in [-0.3, -0.25) is 9.79 Å². The van der Waals surface area contributed by atoms with Crippen LogP contribution in [0, 0.1) is 13.8 Å². The van der Waals surface area contributed by atoms with E-state index >= 15 is 0 Å². The van der Waals surface area contributed by atoms with Crippen LogP contribution in [0.3, 0.4) is 0 Å². The van der Waals surface area contributed by atoms with Crippen LogP contribution in [0.4, 0.5) is 0 Å². The molecule has 0 aliphatic heterocycles. The van der Waals surface area contributed by atoms with Crippen molar-refractivity contribution in [1.29, 1.82) is 0 Å². The third-order valence-electron chi connectivity index (χ3n) is 3.72. The van der Waals surface area contributed by atoms with Gasteiger partial charge < -0.3 is 4.74 Å². The lowest BCUT2D eigenvalue weighted by Crippen LogP contribution is -2.03. The molecule has 21 heavy (non-hydrogen) atoms. The number of esters is 1. The molecule has 0 radical (unpaired) electrons. The molecule has 0 aromatic heterocycles. The quantitative estimate of drug-likeness (QED) is 0.585. The highest BCUT2D eigenvalue weighted by atomic mass is 16.5. The number of aliphatic imine (C=N–C) groups is 1. The maximum absolute atomic E-state index is 11.3. The number of methoxy groups -OCH3 is 1. The molecule has 114 valence electrons. The number of ether oxygens (including phenoxy) is 1. The van der Waals surface area contributed by atoms with Crippen molar-refractivity contribution in [3.05, 3.63) is 46.5 Å². The highest BCUT2D eigenvalue weighted by molar-refractivity contribution is 6.09. The number of allylic oxidation sites excluding steroid dienone is 2. The summed E-state index contributed by atoms with van der Waals surface area (Å²) in [6.45, 7) is 6.30. The number of carbonyl (C=O) groups excluding carboxylic acids is 1. The summed E-state index contributed by atoms with van der Waals surface area (Å²) in [5.74, 6) is -0.171. The molecule has 0 aliphatic carbocycles. The molecule has 0 aliphatic rings. The number of rotatable bonds is 6. The Balaban J connectivity index is 2.94. The van der Waals surface area contributed by atoms with Gasteiger partial charge in [-0.25, -0.2) is 0 Å². The predicted octanol–water partition coefficient (Wildman–Crippen LogP) is 4.01. The maximum atomic E-state index is 11.3. The fourth-order valence-electron chi connectivity index (χ4n) is 2.09. The van der Waals surface area contributed by atoms with E-state index in [1.807, 2.05) is 0 Å². The van der Waals surface area contributed by atoms with E-state index < -0.39 is 0 Å². The molecule has 0 N–H and O–H groups in total. The Morgan fingerprint density at radius 1 is 1.24 bits per heavy atom. The molecule has 0 bridgehead atoms. The van der Waals surface area contributed by atoms with Crippen LogP contribution >= 0.6 is 0 Å². The van der Waals surface area contributed by atoms with E-state index in [2.05, 4.69) is 50.0 Å². The molecule has 1 rings (SSSR count). The first-order valence-corrected chi connectivity index (χ1v) is 7.32. The van der Waals surface area contributed by atoms with Crippen molar-refractivity contribution in [2.45, 2.75) is 40.0 Å². The van der Waals surface area contributed by atoms with Crippen molar-refractivity contribution in [3.63, 3.8) is 0 Å². The molecule has 1 aromatic rings. The Labute approximate surface area is 127 Å². The first-order chi connectivity index (χ1) is 10.0. The molecule has 0 fully saturated rings. The monoisotopic (exact) mass is 287 g/mol. The standard InChI is InChI=1S/C18H25NO2/c1-6-15(8-10-18(20)21-5)12-17(19-4)16-9-7-13(2)14(3)11-16/h7,9,11-12H,6,8,10H2,1-5H3/b15-12-,19-17?. The van der Waals surface area contributed by atoms with Crippen molar-refractivity contribution in [2.75, 3.05) is 14.2 Å². The van der Waals surface area contributed by atoms with Crippen molar-refractivity contribution < 1.29 is 9.53 Å². The number of aryl methyl sites for hydroxylation is 2. The summed E-state index contributed by atoms with van der Waals surface area (Å²) >= 11 is 0. The summed E-state index contributed by atoms with van der Waals surface area (Å²) in [6, 6.07) is 6.36. The van der Waals surface area contributed by atoms with Gasteiger partial charge in [-0.2, -0.15) is 0 Å². The van der Waals surface area contributed by atoms with Crippen LogP contribution in [0.2, 0.25) is 0 Å². The fraction of sp³-hybridized carbons (Fsp3) is 0.444. The zero-order valence-corrected chi connectivity index (χ0v) is 13.7. The van der Waals surface area contributed by atoms with Gasteiger partial charge in [0.05, 0.1) is 12.8 Å². The second-order valence-electron chi connectivity index (χ2n) is 5.14. The molecule has 0 heterocycles. The van der Waals surface area contributed by atoms with Gasteiger partial charge in [-0.15, -0.1) is 0 Å². The van der Waals surface area contributed by atoms with Gasteiger partial charge in [-0.1, -0.05) is 24.6 Å². The van der Waals surface area contributed by atoms with Crippen LogP contribution in [0.1, 0.15) is 42.9 Å². The van der Waals surface area contributed by atoms with E-state index in [1.54, 1.807) is 7.05 Å². The zero-order valence-electron chi connectivity index (χ0n) is 13.7. The molecule has 0 saturated carbocycles. The average molecular weight is 287 g/mol. The van der Waals surface area contributed by atoms with Crippen molar-refractivity contribution in [3.8, 4) is 0 Å². The van der Waals surface area contributed by atoms with Crippen LogP contribution in [-0.2, 0) is 9.53 Å². The third kappa shape index (κ3) is 5.18. The minimum Gasteiger partial charge on any atom is -0.469 e. The lowest BCUT2D eigenvalue weighted by Gasteiger charge is -2.08. The van der Waals surface area contributed by atoms with Crippen LogP contribution in [0.25, 0.3) is 0 Å². The van der Waals surface area contributed by atoms with E-state index in [0.29, 0.717) is 12.8 Å². The molecule has 1 aromatic carbocycles. The van der Waals surface area contributed by atoms with Gasteiger partial charge in [0.25, 0.3) is 0 Å².